The van der Waals surface area contributed by atoms with Crippen molar-refractivity contribution in [3.63, 3.8) is 0 Å². The molecule has 0 bridgehead atoms. The standard InChI is InChI=1S/C23H28F3N3O2.CH2O2/c1-28(15-22(16-5-3-2-4-6-16)29-7-9-31-10-8-29)23(30)13-18(27)11-17-12-20(25)21(26)14-19(17)24;2-1-3/h2-6,12,14,18,22H,7-11,13,15,27H2,1H3;1H,(H,2,3)/t18-,22?;/m1./s1. The molecule has 1 amide bonds. The van der Waals surface area contributed by atoms with Crippen molar-refractivity contribution in [1.82, 2.24) is 9.80 Å². The van der Waals surface area contributed by atoms with E-state index in [9.17, 15) is 18.0 Å². The van der Waals surface area contributed by atoms with Gasteiger partial charge in [0.2, 0.25) is 5.91 Å². The summed E-state index contributed by atoms with van der Waals surface area (Å²) in [4.78, 5) is 25.0. The summed E-state index contributed by atoms with van der Waals surface area (Å²) in [6, 6.07) is 10.6. The molecule has 3 N–H and O–H groups in total. The maximum atomic E-state index is 13.9. The molecule has 3 rings (SSSR count). The van der Waals surface area contributed by atoms with Crippen molar-refractivity contribution in [2.24, 2.45) is 5.73 Å². The Labute approximate surface area is 196 Å². The average Bonchev–Trinajstić information content (AvgIpc) is 2.82. The van der Waals surface area contributed by atoms with Gasteiger partial charge in [0, 0.05) is 45.2 Å². The third kappa shape index (κ3) is 8.12. The molecule has 186 valence electrons. The Balaban J connectivity index is 0.00000129. The molecule has 1 fully saturated rings. The normalized spacial score (nSPS) is 15.6. The molecule has 0 aliphatic carbocycles. The summed E-state index contributed by atoms with van der Waals surface area (Å²) in [5.41, 5.74) is 7.09. The number of benzene rings is 2. The van der Waals surface area contributed by atoms with Gasteiger partial charge in [-0.05, 0) is 23.6 Å². The molecule has 1 aliphatic heterocycles. The molecule has 1 unspecified atom stereocenters. The van der Waals surface area contributed by atoms with E-state index >= 15 is 0 Å². The first-order valence-electron chi connectivity index (χ1n) is 10.8. The van der Waals surface area contributed by atoms with Crippen LogP contribution >= 0.6 is 0 Å². The zero-order valence-electron chi connectivity index (χ0n) is 19.0. The van der Waals surface area contributed by atoms with Gasteiger partial charge in [0.05, 0.1) is 19.3 Å². The van der Waals surface area contributed by atoms with Gasteiger partial charge >= 0.3 is 0 Å². The van der Waals surface area contributed by atoms with E-state index in [0.29, 0.717) is 25.8 Å². The van der Waals surface area contributed by atoms with Gasteiger partial charge in [-0.1, -0.05) is 30.3 Å². The lowest BCUT2D eigenvalue weighted by atomic mass is 10.0. The maximum absolute atomic E-state index is 13.9. The van der Waals surface area contributed by atoms with Gasteiger partial charge in [0.15, 0.2) is 11.6 Å². The number of carbonyl (C=O) groups is 2. The molecular formula is C24H30F3N3O4. The van der Waals surface area contributed by atoms with Crippen LogP contribution in [0, 0.1) is 17.5 Å². The summed E-state index contributed by atoms with van der Waals surface area (Å²) in [5, 5.41) is 6.89. The molecule has 34 heavy (non-hydrogen) atoms. The number of morpholine rings is 1. The highest BCUT2D eigenvalue weighted by molar-refractivity contribution is 5.76. The third-order valence-electron chi connectivity index (χ3n) is 5.55. The predicted molar refractivity (Wildman–Crippen MR) is 121 cm³/mol. The Morgan fingerprint density at radius 1 is 1.15 bits per heavy atom. The third-order valence-corrected chi connectivity index (χ3v) is 5.55. The lowest BCUT2D eigenvalue weighted by molar-refractivity contribution is -0.131. The van der Waals surface area contributed by atoms with Crippen LogP contribution in [0.5, 0.6) is 0 Å². The number of nitrogens with zero attached hydrogens (tertiary/aromatic N) is 2. The Morgan fingerprint density at radius 3 is 2.35 bits per heavy atom. The highest BCUT2D eigenvalue weighted by atomic mass is 19.2. The smallest absolute Gasteiger partial charge is 0.290 e. The van der Waals surface area contributed by atoms with Gasteiger partial charge in [-0.3, -0.25) is 14.5 Å². The number of carboxylic acid groups (broad SMARTS) is 1. The van der Waals surface area contributed by atoms with Gasteiger partial charge in [-0.2, -0.15) is 0 Å². The van der Waals surface area contributed by atoms with Gasteiger partial charge in [-0.25, -0.2) is 13.2 Å². The van der Waals surface area contributed by atoms with Crippen molar-refractivity contribution in [2.45, 2.75) is 24.9 Å². The lowest BCUT2D eigenvalue weighted by Gasteiger charge is -2.37. The molecule has 0 radical (unpaired) electrons. The van der Waals surface area contributed by atoms with Crippen molar-refractivity contribution in [3.05, 3.63) is 71.0 Å². The van der Waals surface area contributed by atoms with E-state index < -0.39 is 23.5 Å². The molecule has 0 saturated carbocycles. The summed E-state index contributed by atoms with van der Waals surface area (Å²) in [6.07, 6.45) is -0.0895. The number of likely N-dealkylation sites (N-methyl/N-ethyl adjacent to an activating group) is 1. The fourth-order valence-electron chi connectivity index (χ4n) is 3.81. The van der Waals surface area contributed by atoms with Gasteiger partial charge in [-0.15, -0.1) is 0 Å². The second-order valence-corrected chi connectivity index (χ2v) is 7.98. The van der Waals surface area contributed by atoms with Crippen molar-refractivity contribution in [2.75, 3.05) is 39.9 Å². The largest absolute Gasteiger partial charge is 0.483 e. The average molecular weight is 482 g/mol. The van der Waals surface area contributed by atoms with Gasteiger partial charge < -0.3 is 20.5 Å². The Hall–Kier alpha value is -2.95. The molecule has 2 aromatic carbocycles. The first-order valence-corrected chi connectivity index (χ1v) is 10.8. The fraction of sp³-hybridized carbons (Fsp3) is 0.417. The number of rotatable bonds is 8. The van der Waals surface area contributed by atoms with Gasteiger partial charge in [0.25, 0.3) is 6.47 Å². The number of hydrogen-bond donors (Lipinski definition) is 2. The number of halogens is 3. The molecule has 7 nitrogen and oxygen atoms in total. The number of carbonyl (C=O) groups excluding carboxylic acids is 1. The predicted octanol–water partition coefficient (Wildman–Crippen LogP) is 2.60. The second-order valence-electron chi connectivity index (χ2n) is 7.98. The summed E-state index contributed by atoms with van der Waals surface area (Å²) in [5.74, 6) is -3.44. The van der Waals surface area contributed by atoms with Crippen molar-refractivity contribution < 1.29 is 32.6 Å². The van der Waals surface area contributed by atoms with E-state index in [1.54, 1.807) is 11.9 Å². The molecule has 2 aromatic rings. The first-order chi connectivity index (χ1) is 16.3. The zero-order chi connectivity index (χ0) is 25.1. The molecular weight excluding hydrogens is 451 g/mol. The van der Waals surface area contributed by atoms with Crippen LogP contribution in [0.2, 0.25) is 0 Å². The fourth-order valence-corrected chi connectivity index (χ4v) is 3.81. The van der Waals surface area contributed by atoms with Crippen LogP contribution in [0.1, 0.15) is 23.6 Å². The van der Waals surface area contributed by atoms with Crippen LogP contribution in [0.4, 0.5) is 13.2 Å². The minimum absolute atomic E-state index is 0.0129. The molecule has 1 heterocycles. The molecule has 0 spiro atoms. The summed E-state index contributed by atoms with van der Waals surface area (Å²) < 4.78 is 45.9. The summed E-state index contributed by atoms with van der Waals surface area (Å²) >= 11 is 0. The van der Waals surface area contributed by atoms with E-state index in [2.05, 4.69) is 4.90 Å². The monoisotopic (exact) mass is 481 g/mol. The minimum Gasteiger partial charge on any atom is -0.483 e. The quantitative estimate of drug-likeness (QED) is 0.445. The number of nitrogens with two attached hydrogens (primary N) is 1. The molecule has 1 aliphatic rings. The van der Waals surface area contributed by atoms with Gasteiger partial charge in [0.1, 0.15) is 5.82 Å². The van der Waals surface area contributed by atoms with Crippen LogP contribution in [-0.4, -0.2) is 73.2 Å². The zero-order valence-corrected chi connectivity index (χ0v) is 19.0. The van der Waals surface area contributed by atoms with Crippen LogP contribution in [0.3, 0.4) is 0 Å². The summed E-state index contributed by atoms with van der Waals surface area (Å²) in [7, 11) is 1.71. The molecule has 2 atom stereocenters. The van der Waals surface area contributed by atoms with Crippen molar-refractivity contribution in [1.29, 1.82) is 0 Å². The van der Waals surface area contributed by atoms with Crippen LogP contribution in [0.25, 0.3) is 0 Å². The van der Waals surface area contributed by atoms with E-state index in [1.165, 1.54) is 0 Å². The molecule has 10 heteroatoms. The first kappa shape index (κ1) is 27.3. The van der Waals surface area contributed by atoms with Crippen LogP contribution < -0.4 is 5.73 Å². The van der Waals surface area contributed by atoms with Crippen molar-refractivity contribution >= 4 is 12.4 Å². The SMILES string of the molecule is CN(CC(c1ccccc1)N1CCOCC1)C(=O)C[C@H](N)Cc1cc(F)c(F)cc1F.O=CO. The lowest BCUT2D eigenvalue weighted by Crippen LogP contribution is -2.45. The number of amides is 1. The molecule has 1 saturated heterocycles. The van der Waals surface area contributed by atoms with Crippen molar-refractivity contribution in [3.8, 4) is 0 Å². The van der Waals surface area contributed by atoms with Crippen LogP contribution in [0.15, 0.2) is 42.5 Å². The second kappa shape index (κ2) is 13.7. The maximum Gasteiger partial charge on any atom is 0.290 e. The Morgan fingerprint density at radius 2 is 1.74 bits per heavy atom. The molecule has 0 aromatic heterocycles. The van der Waals surface area contributed by atoms with E-state index in [4.69, 9.17) is 20.4 Å². The Kier molecular flexibility index (Phi) is 11.0. The van der Waals surface area contributed by atoms with E-state index in [-0.39, 0.29) is 36.8 Å². The van der Waals surface area contributed by atoms with E-state index in [0.717, 1.165) is 24.7 Å². The Bertz CT molecular complexity index is 927. The summed E-state index contributed by atoms with van der Waals surface area (Å²) in [6.45, 7) is 3.06. The van der Waals surface area contributed by atoms with E-state index in [1.807, 2.05) is 30.3 Å². The van der Waals surface area contributed by atoms with Crippen LogP contribution in [-0.2, 0) is 20.7 Å². The number of ether oxygens (including phenoxy) is 1. The highest BCUT2D eigenvalue weighted by Crippen LogP contribution is 2.23. The topological polar surface area (TPSA) is 96.1 Å². The highest BCUT2D eigenvalue weighted by Gasteiger charge is 2.26. The minimum atomic E-state index is -1.25. The number of hydrogen-bond acceptors (Lipinski definition) is 5.